The Balaban J connectivity index is 0.937. The van der Waals surface area contributed by atoms with Gasteiger partial charge in [-0.25, -0.2) is 4.79 Å². The molecule has 0 aliphatic carbocycles. The van der Waals surface area contributed by atoms with E-state index >= 15 is 0 Å². The first-order chi connectivity index (χ1) is 69.4. The summed E-state index contributed by atoms with van der Waals surface area (Å²) in [6, 6.07) is -11.9. The third-order valence-corrected chi connectivity index (χ3v) is 26.1. The van der Waals surface area contributed by atoms with Crippen molar-refractivity contribution in [1.29, 1.82) is 0 Å². The van der Waals surface area contributed by atoms with E-state index in [1.165, 1.54) is 0 Å². The number of aliphatic carboxylic acids is 1. The van der Waals surface area contributed by atoms with Gasteiger partial charge >= 0.3 is 5.97 Å². The van der Waals surface area contributed by atoms with Crippen molar-refractivity contribution in [2.75, 3.05) is 85.9 Å². The van der Waals surface area contributed by atoms with E-state index in [0.717, 1.165) is 34.6 Å². The monoisotopic (exact) mass is 2150 g/mol. The first-order valence-corrected chi connectivity index (χ1v) is 46.4. The van der Waals surface area contributed by atoms with Crippen LogP contribution < -0.4 is 31.9 Å². The summed E-state index contributed by atoms with van der Waals surface area (Å²) in [6.45, 7) is -11.3. The van der Waals surface area contributed by atoms with Gasteiger partial charge in [0.25, 0.3) is 5.79 Å². The molecule has 0 radical (unpaired) electrons. The Morgan fingerprint density at radius 3 is 0.980 bits per heavy atom. The quantitative estimate of drug-likeness (QED) is 0.0269. The summed E-state index contributed by atoms with van der Waals surface area (Å²) >= 11 is 0. The van der Waals surface area contributed by atoms with Crippen molar-refractivity contribution >= 4 is 41.4 Å². The molecule has 0 aromatic carbocycles. The predicted octanol–water partition coefficient (Wildman–Crippen LogP) is -26.3. The summed E-state index contributed by atoms with van der Waals surface area (Å²) in [7, 11) is 0. The average molecular weight is 2150 g/mol. The molecule has 39 N–H and O–H groups in total. The Morgan fingerprint density at radius 2 is 0.633 bits per heavy atom. The molecule has 0 saturated carbocycles. The zero-order chi connectivity index (χ0) is 109. The molecule has 10 heterocycles. The minimum absolute atomic E-state index is 0.831. The smallest absolute Gasteiger partial charge is 0.364 e. The maximum Gasteiger partial charge on any atom is 0.364 e. The van der Waals surface area contributed by atoms with Crippen LogP contribution in [0.3, 0.4) is 0 Å². The third kappa shape index (κ3) is 28.2. The lowest BCUT2D eigenvalue weighted by atomic mass is 9.88. The van der Waals surface area contributed by atoms with Crippen molar-refractivity contribution < 1.29 is 297 Å². The SMILES string of the molecule is CC(=O)N[C@H]1[C@H](OC[C@H]2O[C@@H](O[C@H]3[C@H](O)[C@@H](NC(C)=O)[C@H](O[C@H]4[C@@H](O)[C@@H](CO)O[C@@H](O[C@H]5[C@H](O)[C@@H](NC(C)=O)[C@H](O[C@H]6[C@@H](O)[C@@H](CO)O[C@@H](O[C@@H]([C@@H](O)[C@H](O)CO)[C@H](CO)NC(C)=O)[C@@H]6O)O[C@@H]5CO)[C@@H]4O)O[C@@H]3CO)[C@H](O)[C@@H](O[C@@H]3O[C@H](CO)[C@@H](O[C@@H]4O[C@H](CO)[C@H](O)[C@H](O[C@]5(C(=O)O)C[C@H](O)[C@@H](NC(=O)CO)[C@H]([C@H](O)[C@H](O)CO)O5)[C@H]4O)[C@H](O)[C@H]3NC(C)=O)[C@H]2O)O[C@H](CO)[C@@H](O[C@@H]2O[C@H](CO)[C@H](O)[C@H](O)[C@H]2O)[C@@H]1O. The maximum atomic E-state index is 13.4. The van der Waals surface area contributed by atoms with E-state index in [-0.39, 0.29) is 0 Å². The van der Waals surface area contributed by atoms with Crippen LogP contribution in [0.5, 0.6) is 0 Å². The Hall–Kier alpha value is -5.79. The average Bonchev–Trinajstić information content (AvgIpc) is 0.746. The van der Waals surface area contributed by atoms with E-state index in [4.69, 9.17) is 94.7 Å². The molecule has 66 nitrogen and oxygen atoms in total. The highest BCUT2D eigenvalue weighted by Crippen LogP contribution is 2.44. The van der Waals surface area contributed by atoms with Gasteiger partial charge in [0.05, 0.1) is 97.5 Å². The number of carboxylic acids is 1. The molecule has 10 fully saturated rings. The van der Waals surface area contributed by atoms with Crippen LogP contribution in [0.1, 0.15) is 41.0 Å². The highest BCUT2D eigenvalue weighted by molar-refractivity contribution is 5.78. The number of ether oxygens (including phenoxy) is 20. The van der Waals surface area contributed by atoms with Gasteiger partial charge in [-0.2, -0.15) is 0 Å². The largest absolute Gasteiger partial charge is 0.477 e. The fourth-order valence-electron chi connectivity index (χ4n) is 18.6. The van der Waals surface area contributed by atoms with Gasteiger partial charge in [-0.15, -0.1) is 0 Å². The van der Waals surface area contributed by atoms with E-state index in [2.05, 4.69) is 26.6 Å². The molecule has 10 aliphatic heterocycles. The standard InChI is InChI=1S/C81H136N6O60/c1-20(100)82-25(7-88)61(44(109)27(106)8-89)138-76-57(122)67(47(112)30(11-92)130-76)143-72-41(84-22(3)102)52(117)63(34(15-96)134-72)140-77-58(123)68(48(113)31(12-93)131-77)144-73-42(85-23(4)103)53(118)64(35(16-97)135-73)141-78-59(124)69(50(115)37(137-78)19-128-71-40(83-21(2)101)51(116)62(33(14-95)133-71)139-75-56(121)55(120)46(111)29(10-91)129-75)145-74-43(86-24(5)104)54(119)65(36(17-98)136-74)142-79-60(125)70(49(114)32(13-94)132-79)147-81(80(126)127)6-26(105)39(87-38(108)18-99)66(146-81)45(110)28(107)9-90/h25-37,39-79,88-99,105-107,109-125H,6-19H2,1-5H3,(H,82,100)(H,83,101)(H,84,102)(H,85,103)(H,86,104)(H,87,108)(H,126,127)/t25-,26-,27+,28+,29+,30+,31+,32+,33+,34+,35+,36+,37+,39+,40+,41+,42+,43+,44-,45+,46-,47-,48-,49-,50-,51+,52+,53+,54+,55-,56+,57+,58+,59+,60+,61+,62+,63+,64+,65+,66+,67-,68-,69-,70-,71+,72-,73-,74-,75-,76-,77-,78-,79-,81-/m0/s1. The summed E-state index contributed by atoms with van der Waals surface area (Å²) in [5.41, 5.74) is 0. The number of aliphatic hydroxyl groups is 32. The molecule has 10 aliphatic rings. The van der Waals surface area contributed by atoms with Crippen molar-refractivity contribution in [3.05, 3.63) is 0 Å². The molecular formula is C81H136N6O60. The molecule has 0 aromatic heterocycles. The summed E-state index contributed by atoms with van der Waals surface area (Å²) in [5, 5.41) is 382. The zero-order valence-electron chi connectivity index (χ0n) is 78.9. The molecule has 850 valence electrons. The number of hydrogen-bond donors (Lipinski definition) is 39. The number of nitrogens with one attached hydrogen (secondary N) is 6. The van der Waals surface area contributed by atoms with Crippen LogP contribution in [0.15, 0.2) is 0 Å². The van der Waals surface area contributed by atoms with E-state index in [1.807, 2.05) is 5.32 Å². The maximum absolute atomic E-state index is 13.4. The fraction of sp³-hybridized carbons (Fsp3) is 0.914. The minimum Gasteiger partial charge on any atom is -0.477 e. The number of hydrogen-bond acceptors (Lipinski definition) is 59. The van der Waals surface area contributed by atoms with Gasteiger partial charge in [0.2, 0.25) is 35.4 Å². The molecule has 6 amide bonds. The Bertz CT molecular complexity index is 4130. The summed E-state index contributed by atoms with van der Waals surface area (Å²) in [4.78, 5) is 90.8. The molecule has 10 saturated heterocycles. The number of rotatable bonds is 45. The molecule has 0 unspecified atom stereocenters. The van der Waals surface area contributed by atoms with Crippen molar-refractivity contribution in [1.82, 2.24) is 31.9 Å². The second-order valence-electron chi connectivity index (χ2n) is 36.5. The molecule has 55 atom stereocenters. The zero-order valence-corrected chi connectivity index (χ0v) is 78.9. The van der Waals surface area contributed by atoms with E-state index < -0.39 is 470 Å². The lowest BCUT2D eigenvalue weighted by Crippen LogP contribution is -2.71. The Labute approximate surface area is 831 Å². The van der Waals surface area contributed by atoms with Gasteiger partial charge in [0.1, 0.15) is 263 Å². The van der Waals surface area contributed by atoms with Crippen LogP contribution in [-0.4, -0.2) is 633 Å². The summed E-state index contributed by atoms with van der Waals surface area (Å²) in [5.74, 6) is -11.9. The number of carbonyl (C=O) groups is 7. The van der Waals surface area contributed by atoms with Crippen molar-refractivity contribution in [3.63, 3.8) is 0 Å². The van der Waals surface area contributed by atoms with E-state index in [0.29, 0.717) is 0 Å². The molecule has 0 spiro atoms. The third-order valence-electron chi connectivity index (χ3n) is 26.1. The van der Waals surface area contributed by atoms with E-state index in [9.17, 15) is 202 Å². The first kappa shape index (κ1) is 123. The van der Waals surface area contributed by atoms with Gasteiger partial charge in [0.15, 0.2) is 56.6 Å². The predicted molar refractivity (Wildman–Crippen MR) is 453 cm³/mol. The fourth-order valence-corrected chi connectivity index (χ4v) is 18.6. The van der Waals surface area contributed by atoms with Crippen LogP contribution in [0, 0.1) is 0 Å². The number of aliphatic hydroxyl groups excluding tert-OH is 32. The lowest BCUT2D eigenvalue weighted by Gasteiger charge is -2.52. The molecule has 147 heavy (non-hydrogen) atoms. The van der Waals surface area contributed by atoms with Crippen LogP contribution in [-0.2, 0) is 128 Å². The number of carbonyl (C=O) groups excluding carboxylic acids is 6. The van der Waals surface area contributed by atoms with Gasteiger partial charge < -0.3 is 295 Å². The van der Waals surface area contributed by atoms with Crippen LogP contribution >= 0.6 is 0 Å². The summed E-state index contributed by atoms with van der Waals surface area (Å²) < 4.78 is 119. The summed E-state index contributed by atoms with van der Waals surface area (Å²) in [6.07, 6.45) is -109. The minimum atomic E-state index is -3.42. The second-order valence-corrected chi connectivity index (χ2v) is 36.5. The normalized spacial score (nSPS) is 44.5. The number of carboxylic acid groups (broad SMARTS) is 1. The molecule has 0 aromatic rings. The van der Waals surface area contributed by atoms with Crippen molar-refractivity contribution in [2.24, 2.45) is 0 Å². The van der Waals surface area contributed by atoms with Crippen LogP contribution in [0.4, 0.5) is 0 Å². The van der Waals surface area contributed by atoms with Gasteiger partial charge in [-0.1, -0.05) is 0 Å². The Morgan fingerprint density at radius 1 is 0.320 bits per heavy atom. The lowest BCUT2D eigenvalue weighted by molar-refractivity contribution is -0.393. The number of amides is 6. The van der Waals surface area contributed by atoms with Gasteiger partial charge in [-0.05, 0) is 0 Å². The second kappa shape index (κ2) is 54.5. The molecule has 66 heteroatoms. The van der Waals surface area contributed by atoms with Gasteiger partial charge in [-0.3, -0.25) is 28.8 Å². The molecule has 0 bridgehead atoms. The highest BCUT2D eigenvalue weighted by Gasteiger charge is 2.65. The highest BCUT2D eigenvalue weighted by atomic mass is 16.8. The molecular weight excluding hydrogens is 2020 g/mol. The van der Waals surface area contributed by atoms with E-state index in [1.54, 1.807) is 0 Å². The van der Waals surface area contributed by atoms with Crippen LogP contribution in [0.2, 0.25) is 0 Å². The Kier molecular flexibility index (Phi) is 45.6. The topological polar surface area (TPSA) is 1040 Å². The molecule has 10 rings (SSSR count). The van der Waals surface area contributed by atoms with Crippen molar-refractivity contribution in [2.45, 2.75) is 378 Å². The van der Waals surface area contributed by atoms with Crippen LogP contribution in [0.25, 0.3) is 0 Å². The van der Waals surface area contributed by atoms with Crippen molar-refractivity contribution in [3.8, 4) is 0 Å². The van der Waals surface area contributed by atoms with Gasteiger partial charge in [0, 0.05) is 41.0 Å². The first-order valence-electron chi connectivity index (χ1n) is 46.4.